The van der Waals surface area contributed by atoms with Gasteiger partial charge in [-0.25, -0.2) is 0 Å². The van der Waals surface area contributed by atoms with Crippen LogP contribution >= 0.6 is 12.4 Å². The molecule has 0 aromatic rings. The first-order chi connectivity index (χ1) is 8.27. The first kappa shape index (κ1) is 15.8. The Bertz CT molecular complexity index is 248. The van der Waals surface area contributed by atoms with E-state index in [-0.39, 0.29) is 18.3 Å². The molecule has 2 rings (SSSR count). The Hall–Kier alpha value is -0.280. The van der Waals surface area contributed by atoms with Crippen LogP contribution in [-0.2, 0) is 4.79 Å². The van der Waals surface area contributed by atoms with Crippen LogP contribution in [0.15, 0.2) is 0 Å². The van der Waals surface area contributed by atoms with Crippen molar-refractivity contribution < 1.29 is 4.79 Å². The van der Waals surface area contributed by atoms with E-state index in [4.69, 9.17) is 0 Å². The highest BCUT2D eigenvalue weighted by Crippen LogP contribution is 2.24. The van der Waals surface area contributed by atoms with Crippen molar-refractivity contribution in [3.8, 4) is 0 Å². The molecule has 1 saturated carbocycles. The number of hydrogen-bond donors (Lipinski definition) is 1. The molecule has 0 spiro atoms. The molecule has 1 amide bonds. The Morgan fingerprint density at radius 3 is 2.50 bits per heavy atom. The smallest absolute Gasteiger partial charge is 0.226 e. The molecule has 3 nitrogen and oxygen atoms in total. The molecule has 1 N–H and O–H groups in total. The summed E-state index contributed by atoms with van der Waals surface area (Å²) >= 11 is 0. The number of piperidine rings is 1. The molecule has 1 aliphatic heterocycles. The fraction of sp³-hybridized carbons (Fsp3) is 0.929. The van der Waals surface area contributed by atoms with Gasteiger partial charge >= 0.3 is 0 Å². The summed E-state index contributed by atoms with van der Waals surface area (Å²) in [7, 11) is 1.99. The van der Waals surface area contributed by atoms with E-state index in [0.29, 0.717) is 5.91 Å². The highest BCUT2D eigenvalue weighted by molar-refractivity contribution is 5.85. The number of rotatable bonds is 3. The number of amides is 1. The average Bonchev–Trinajstić information content (AvgIpc) is 2.40. The van der Waals surface area contributed by atoms with Crippen molar-refractivity contribution in [2.24, 2.45) is 11.8 Å². The van der Waals surface area contributed by atoms with E-state index in [0.717, 1.165) is 38.4 Å². The van der Waals surface area contributed by atoms with E-state index in [2.05, 4.69) is 5.32 Å². The van der Waals surface area contributed by atoms with Gasteiger partial charge in [0.2, 0.25) is 5.91 Å². The number of carbonyl (C=O) groups excluding carboxylic acids is 1. The molecule has 106 valence electrons. The van der Waals surface area contributed by atoms with Crippen molar-refractivity contribution in [1.82, 2.24) is 10.2 Å². The average molecular weight is 275 g/mol. The summed E-state index contributed by atoms with van der Waals surface area (Å²) < 4.78 is 0. The zero-order chi connectivity index (χ0) is 12.1. The fourth-order valence-corrected chi connectivity index (χ4v) is 3.22. The third-order valence-electron chi connectivity index (χ3n) is 4.28. The second kappa shape index (κ2) is 8.00. The predicted molar refractivity (Wildman–Crippen MR) is 77.1 cm³/mol. The second-order valence-electron chi connectivity index (χ2n) is 5.77. The molecule has 18 heavy (non-hydrogen) atoms. The molecule has 2 fully saturated rings. The highest BCUT2D eigenvalue weighted by Gasteiger charge is 2.25. The molecule has 1 heterocycles. The lowest BCUT2D eigenvalue weighted by Gasteiger charge is -2.31. The first-order valence-electron chi connectivity index (χ1n) is 7.23. The van der Waals surface area contributed by atoms with Gasteiger partial charge in [0.15, 0.2) is 0 Å². The van der Waals surface area contributed by atoms with Crippen molar-refractivity contribution in [2.45, 2.75) is 44.9 Å². The maximum atomic E-state index is 12.3. The third kappa shape index (κ3) is 4.43. The Kier molecular flexibility index (Phi) is 7.02. The van der Waals surface area contributed by atoms with Gasteiger partial charge in [0.05, 0.1) is 5.92 Å². The minimum atomic E-state index is 0. The van der Waals surface area contributed by atoms with E-state index < -0.39 is 0 Å². The normalized spacial score (nSPS) is 25.3. The van der Waals surface area contributed by atoms with Crippen LogP contribution in [0.5, 0.6) is 0 Å². The van der Waals surface area contributed by atoms with Gasteiger partial charge in [-0.15, -0.1) is 12.4 Å². The van der Waals surface area contributed by atoms with Crippen LogP contribution in [0, 0.1) is 11.8 Å². The van der Waals surface area contributed by atoms with Crippen LogP contribution in [0.3, 0.4) is 0 Å². The Morgan fingerprint density at radius 2 is 1.89 bits per heavy atom. The lowest BCUT2D eigenvalue weighted by Crippen LogP contribution is -2.43. The van der Waals surface area contributed by atoms with Gasteiger partial charge in [0, 0.05) is 20.1 Å². The van der Waals surface area contributed by atoms with E-state index in [1.54, 1.807) is 0 Å². The quantitative estimate of drug-likeness (QED) is 0.857. The summed E-state index contributed by atoms with van der Waals surface area (Å²) in [5.74, 6) is 1.36. The van der Waals surface area contributed by atoms with Gasteiger partial charge in [-0.1, -0.05) is 19.3 Å². The first-order valence-corrected chi connectivity index (χ1v) is 7.23. The summed E-state index contributed by atoms with van der Waals surface area (Å²) in [6, 6.07) is 0. The van der Waals surface area contributed by atoms with Crippen molar-refractivity contribution in [1.29, 1.82) is 0 Å². The van der Waals surface area contributed by atoms with Gasteiger partial charge in [-0.05, 0) is 38.1 Å². The van der Waals surface area contributed by atoms with Gasteiger partial charge < -0.3 is 10.2 Å². The van der Waals surface area contributed by atoms with Gasteiger partial charge in [0.1, 0.15) is 0 Å². The summed E-state index contributed by atoms with van der Waals surface area (Å²) in [5.41, 5.74) is 0. The molecule has 1 atom stereocenters. The molecule has 2 aliphatic rings. The molecular formula is C14H27ClN2O. The molecule has 0 aromatic heterocycles. The molecular weight excluding hydrogens is 248 g/mol. The number of carbonyl (C=O) groups is 1. The molecule has 0 radical (unpaired) electrons. The monoisotopic (exact) mass is 274 g/mol. The maximum Gasteiger partial charge on any atom is 0.226 e. The molecule has 1 saturated heterocycles. The van der Waals surface area contributed by atoms with E-state index in [1.165, 1.54) is 32.1 Å². The summed E-state index contributed by atoms with van der Waals surface area (Å²) in [5, 5.41) is 3.33. The van der Waals surface area contributed by atoms with Crippen LogP contribution in [0.2, 0.25) is 0 Å². The third-order valence-corrected chi connectivity index (χ3v) is 4.28. The van der Waals surface area contributed by atoms with E-state index in [1.807, 2.05) is 11.9 Å². The van der Waals surface area contributed by atoms with Crippen LogP contribution in [0.4, 0.5) is 0 Å². The van der Waals surface area contributed by atoms with Crippen LogP contribution in [-0.4, -0.2) is 37.5 Å². The zero-order valence-corrected chi connectivity index (χ0v) is 12.3. The number of hydrogen-bond acceptors (Lipinski definition) is 2. The van der Waals surface area contributed by atoms with Gasteiger partial charge in [0.25, 0.3) is 0 Å². The SMILES string of the molecule is CN(CC1CCCCC1)C(=O)C1CCCNC1.Cl. The van der Waals surface area contributed by atoms with Gasteiger partial charge in [-0.2, -0.15) is 0 Å². The van der Waals surface area contributed by atoms with Crippen LogP contribution < -0.4 is 5.32 Å². The van der Waals surface area contributed by atoms with Crippen molar-refractivity contribution >= 4 is 18.3 Å². The maximum absolute atomic E-state index is 12.3. The lowest BCUT2D eigenvalue weighted by molar-refractivity contribution is -0.135. The lowest BCUT2D eigenvalue weighted by atomic mass is 9.88. The zero-order valence-electron chi connectivity index (χ0n) is 11.5. The molecule has 1 aliphatic carbocycles. The summed E-state index contributed by atoms with van der Waals surface area (Å²) in [6.45, 7) is 2.94. The standard InChI is InChI=1S/C14H26N2O.ClH/c1-16(11-12-6-3-2-4-7-12)14(17)13-8-5-9-15-10-13;/h12-13,15H,2-11H2,1H3;1H. The van der Waals surface area contributed by atoms with Crippen LogP contribution in [0.1, 0.15) is 44.9 Å². The Morgan fingerprint density at radius 1 is 1.17 bits per heavy atom. The largest absolute Gasteiger partial charge is 0.345 e. The molecule has 0 aromatic carbocycles. The van der Waals surface area contributed by atoms with Gasteiger partial charge in [-0.3, -0.25) is 4.79 Å². The van der Waals surface area contributed by atoms with Crippen LogP contribution in [0.25, 0.3) is 0 Å². The molecule has 1 unspecified atom stereocenters. The predicted octanol–water partition coefficient (Wildman–Crippen LogP) is 2.45. The molecule has 4 heteroatoms. The Labute approximate surface area is 117 Å². The number of nitrogens with one attached hydrogen (secondary N) is 1. The van der Waals surface area contributed by atoms with Crippen molar-refractivity contribution in [3.63, 3.8) is 0 Å². The summed E-state index contributed by atoms with van der Waals surface area (Å²) in [4.78, 5) is 14.3. The second-order valence-corrected chi connectivity index (χ2v) is 5.77. The van der Waals surface area contributed by atoms with Crippen molar-refractivity contribution in [2.75, 3.05) is 26.7 Å². The van der Waals surface area contributed by atoms with Crippen molar-refractivity contribution in [3.05, 3.63) is 0 Å². The topological polar surface area (TPSA) is 32.3 Å². The molecule has 0 bridgehead atoms. The number of halogens is 1. The Balaban J connectivity index is 0.00000162. The number of nitrogens with zero attached hydrogens (tertiary/aromatic N) is 1. The van der Waals surface area contributed by atoms with E-state index in [9.17, 15) is 4.79 Å². The van der Waals surface area contributed by atoms with E-state index >= 15 is 0 Å². The fourth-order valence-electron chi connectivity index (χ4n) is 3.22. The highest BCUT2D eigenvalue weighted by atomic mass is 35.5. The minimum Gasteiger partial charge on any atom is -0.345 e. The summed E-state index contributed by atoms with van der Waals surface area (Å²) in [6.07, 6.45) is 8.96. The minimum absolute atomic E-state index is 0.